The van der Waals surface area contributed by atoms with Crippen LogP contribution in [0, 0.1) is 0 Å². The quantitative estimate of drug-likeness (QED) is 0.292. The van der Waals surface area contributed by atoms with Crippen molar-refractivity contribution in [3.05, 3.63) is 51.6 Å². The third kappa shape index (κ3) is 3.37. The largest absolute Gasteiger partial charge is 0.492 e. The van der Waals surface area contributed by atoms with Gasteiger partial charge < -0.3 is 4.74 Å². The minimum atomic E-state index is -0.0356. The van der Waals surface area contributed by atoms with E-state index in [1.807, 2.05) is 17.5 Å². The lowest BCUT2D eigenvalue weighted by Gasteiger charge is -2.10. The normalized spacial score (nSPS) is 10.9. The van der Waals surface area contributed by atoms with Crippen LogP contribution in [0.15, 0.2) is 45.7 Å². The van der Waals surface area contributed by atoms with Gasteiger partial charge in [0, 0.05) is 12.8 Å². The Morgan fingerprint density at radius 2 is 2.12 bits per heavy atom. The van der Waals surface area contributed by atoms with E-state index < -0.39 is 0 Å². The second-order valence-corrected chi connectivity index (χ2v) is 7.10. The summed E-state index contributed by atoms with van der Waals surface area (Å²) in [5.74, 6) is 1.19. The molecule has 1 aromatic carbocycles. The van der Waals surface area contributed by atoms with Gasteiger partial charge in [-0.1, -0.05) is 23.9 Å². The van der Waals surface area contributed by atoms with E-state index in [0.29, 0.717) is 34.2 Å². The van der Waals surface area contributed by atoms with Crippen molar-refractivity contribution in [1.29, 1.82) is 0 Å². The Balaban J connectivity index is 1.66. The van der Waals surface area contributed by atoms with E-state index in [1.54, 1.807) is 29.8 Å². The zero-order valence-electron chi connectivity index (χ0n) is 13.3. The molecule has 0 saturated carbocycles. The van der Waals surface area contributed by atoms with Crippen molar-refractivity contribution in [3.8, 4) is 5.75 Å². The van der Waals surface area contributed by atoms with Crippen molar-refractivity contribution < 1.29 is 9.53 Å². The van der Waals surface area contributed by atoms with Crippen LogP contribution in [0.25, 0.3) is 10.2 Å². The number of Topliss-reactive ketones (excluding diaryl/α,β-unsaturated/α-hetero) is 1. The fourth-order valence-corrected chi connectivity index (χ4v) is 3.87. The van der Waals surface area contributed by atoms with Gasteiger partial charge in [-0.15, -0.1) is 11.3 Å². The zero-order chi connectivity index (χ0) is 17.1. The number of ketones is 1. The van der Waals surface area contributed by atoms with Gasteiger partial charge >= 0.3 is 0 Å². The molecule has 0 fully saturated rings. The van der Waals surface area contributed by atoms with Crippen LogP contribution in [0.2, 0.25) is 0 Å². The minimum absolute atomic E-state index is 0.0227. The molecule has 0 spiro atoms. The average Bonchev–Trinajstić information content (AvgIpc) is 3.04. The number of rotatable bonds is 6. The Morgan fingerprint density at radius 1 is 1.33 bits per heavy atom. The van der Waals surface area contributed by atoms with Gasteiger partial charge in [-0.3, -0.25) is 14.2 Å². The Morgan fingerprint density at radius 3 is 2.92 bits per heavy atom. The molecular weight excluding hydrogens is 344 g/mol. The number of benzene rings is 1. The number of carbonyl (C=O) groups is 1. The molecule has 3 rings (SSSR count). The number of thiophene rings is 1. The molecular formula is C17H16N2O3S2. The van der Waals surface area contributed by atoms with E-state index >= 15 is 0 Å². The van der Waals surface area contributed by atoms with Gasteiger partial charge in [0.15, 0.2) is 10.9 Å². The van der Waals surface area contributed by atoms with Gasteiger partial charge in [-0.25, -0.2) is 4.98 Å². The third-order valence-electron chi connectivity index (χ3n) is 3.50. The summed E-state index contributed by atoms with van der Waals surface area (Å²) >= 11 is 2.92. The fourth-order valence-electron chi connectivity index (χ4n) is 2.28. The van der Waals surface area contributed by atoms with Crippen LogP contribution in [0.5, 0.6) is 5.75 Å². The molecule has 0 amide bonds. The number of hydrogen-bond donors (Lipinski definition) is 0. The molecule has 0 bridgehead atoms. The summed E-state index contributed by atoms with van der Waals surface area (Å²) in [6.45, 7) is 1.94. The number of para-hydroxylation sites is 1. The van der Waals surface area contributed by atoms with E-state index in [1.165, 1.54) is 30.0 Å². The first-order valence-corrected chi connectivity index (χ1v) is 9.24. The number of aromatic nitrogens is 2. The molecule has 0 N–H and O–H groups in total. The van der Waals surface area contributed by atoms with Gasteiger partial charge in [-0.2, -0.15) is 0 Å². The lowest BCUT2D eigenvalue weighted by molar-refractivity contribution is 0.101. The number of carbonyl (C=O) groups excluding carboxylic acids is 1. The second kappa shape index (κ2) is 7.19. The summed E-state index contributed by atoms with van der Waals surface area (Å²) < 4.78 is 7.27. The first kappa shape index (κ1) is 16.7. The van der Waals surface area contributed by atoms with Crippen LogP contribution < -0.4 is 10.3 Å². The Labute approximate surface area is 147 Å². The lowest BCUT2D eigenvalue weighted by atomic mass is 10.1. The second-order valence-electron chi connectivity index (χ2n) is 5.15. The monoisotopic (exact) mass is 360 g/mol. The first-order chi connectivity index (χ1) is 11.6. The summed E-state index contributed by atoms with van der Waals surface area (Å²) in [6.07, 6.45) is 0. The molecule has 0 radical (unpaired) electrons. The molecule has 5 nitrogen and oxygen atoms in total. The van der Waals surface area contributed by atoms with Crippen molar-refractivity contribution in [2.24, 2.45) is 7.05 Å². The highest BCUT2D eigenvalue weighted by Crippen LogP contribution is 2.22. The maximum atomic E-state index is 12.2. The molecule has 0 saturated heterocycles. The maximum Gasteiger partial charge on any atom is 0.262 e. The van der Waals surface area contributed by atoms with Gasteiger partial charge in [0.05, 0.1) is 17.6 Å². The van der Waals surface area contributed by atoms with Crippen molar-refractivity contribution in [1.82, 2.24) is 9.55 Å². The van der Waals surface area contributed by atoms with Crippen molar-refractivity contribution in [2.45, 2.75) is 12.1 Å². The van der Waals surface area contributed by atoms with Gasteiger partial charge in [0.1, 0.15) is 10.6 Å². The highest BCUT2D eigenvalue weighted by Gasteiger charge is 2.10. The summed E-state index contributed by atoms with van der Waals surface area (Å²) in [4.78, 5) is 29.1. The molecule has 0 unspecified atom stereocenters. The van der Waals surface area contributed by atoms with Gasteiger partial charge in [0.25, 0.3) is 5.56 Å². The van der Waals surface area contributed by atoms with E-state index in [2.05, 4.69) is 4.98 Å². The van der Waals surface area contributed by atoms with Crippen LogP contribution in [0.4, 0.5) is 0 Å². The SMILES string of the molecule is CC(=O)c1ccccc1OCCSc1nc2sccc2c(=O)n1C. The smallest absolute Gasteiger partial charge is 0.262 e. The number of thioether (sulfide) groups is 1. The van der Waals surface area contributed by atoms with Crippen LogP contribution in [0.3, 0.4) is 0 Å². The topological polar surface area (TPSA) is 61.2 Å². The molecule has 0 atom stereocenters. The predicted octanol–water partition coefficient (Wildman–Crippen LogP) is 3.37. The molecule has 0 aliphatic rings. The van der Waals surface area contributed by atoms with Crippen LogP contribution in [0.1, 0.15) is 17.3 Å². The average molecular weight is 360 g/mol. The standard InChI is InChI=1S/C17H16N2O3S2/c1-11(20)12-5-3-4-6-14(12)22-8-10-24-17-18-15-13(7-9-23-15)16(21)19(17)2/h3-7,9H,8,10H2,1-2H3. The highest BCUT2D eigenvalue weighted by atomic mass is 32.2. The maximum absolute atomic E-state index is 12.2. The number of nitrogens with zero attached hydrogens (tertiary/aromatic N) is 2. The summed E-state index contributed by atoms with van der Waals surface area (Å²) in [5, 5.41) is 3.19. The molecule has 3 aromatic rings. The molecule has 124 valence electrons. The Kier molecular flexibility index (Phi) is 5.01. The third-order valence-corrected chi connectivity index (χ3v) is 5.30. The lowest BCUT2D eigenvalue weighted by Crippen LogP contribution is -2.19. The molecule has 0 aliphatic heterocycles. The summed E-state index contributed by atoms with van der Waals surface area (Å²) in [7, 11) is 1.72. The number of fused-ring (bicyclic) bond motifs is 1. The number of ether oxygens (including phenoxy) is 1. The predicted molar refractivity (Wildman–Crippen MR) is 97.5 cm³/mol. The van der Waals surface area contributed by atoms with E-state index in [0.717, 1.165) is 4.83 Å². The molecule has 7 heteroatoms. The first-order valence-electron chi connectivity index (χ1n) is 7.37. The molecule has 0 aliphatic carbocycles. The summed E-state index contributed by atoms with van der Waals surface area (Å²) in [6, 6.07) is 8.98. The minimum Gasteiger partial charge on any atom is -0.492 e. The van der Waals surface area contributed by atoms with Crippen LogP contribution in [-0.4, -0.2) is 27.7 Å². The molecule has 2 aromatic heterocycles. The van der Waals surface area contributed by atoms with E-state index in [9.17, 15) is 9.59 Å². The van der Waals surface area contributed by atoms with Crippen molar-refractivity contribution in [2.75, 3.05) is 12.4 Å². The summed E-state index contributed by atoms with van der Waals surface area (Å²) in [5.41, 5.74) is 0.541. The van der Waals surface area contributed by atoms with Crippen molar-refractivity contribution >= 4 is 39.1 Å². The van der Waals surface area contributed by atoms with Crippen LogP contribution >= 0.6 is 23.1 Å². The molecule has 24 heavy (non-hydrogen) atoms. The Bertz CT molecular complexity index is 946. The van der Waals surface area contributed by atoms with Crippen LogP contribution in [-0.2, 0) is 7.05 Å². The van der Waals surface area contributed by atoms with E-state index in [4.69, 9.17) is 4.74 Å². The van der Waals surface area contributed by atoms with E-state index in [-0.39, 0.29) is 11.3 Å². The molecule has 2 heterocycles. The fraction of sp³-hybridized carbons (Fsp3) is 0.235. The van der Waals surface area contributed by atoms with Crippen molar-refractivity contribution in [3.63, 3.8) is 0 Å². The Hall–Kier alpha value is -2.12. The number of hydrogen-bond acceptors (Lipinski definition) is 6. The highest BCUT2D eigenvalue weighted by molar-refractivity contribution is 7.99. The zero-order valence-corrected chi connectivity index (χ0v) is 14.9. The van der Waals surface area contributed by atoms with Gasteiger partial charge in [0.2, 0.25) is 0 Å². The van der Waals surface area contributed by atoms with Gasteiger partial charge in [-0.05, 0) is 30.5 Å².